The van der Waals surface area contributed by atoms with Gasteiger partial charge in [-0.25, -0.2) is 19.2 Å². The highest BCUT2D eigenvalue weighted by Crippen LogP contribution is 2.40. The SMILES string of the molecule is COC(=O)[C@@H]1Cc2ccc(OCCNC(=O)OC(C)(C)C)c(c2)-c2cc(ccc2OCCNC(=O)OC(C)(C)C)[C@H](N(C)C(=O)C(N)CCCCNC(=O)OC(C)(C)C)C(=O)N[C@@H](C)C(=O)N1. The maximum absolute atomic E-state index is 14.4. The van der Waals surface area contributed by atoms with Gasteiger partial charge in [-0.15, -0.1) is 0 Å². The predicted octanol–water partition coefficient (Wildman–Crippen LogP) is 4.40. The van der Waals surface area contributed by atoms with E-state index in [1.807, 2.05) is 0 Å². The number of hydrogen-bond acceptors (Lipinski definition) is 14. The summed E-state index contributed by atoms with van der Waals surface area (Å²) < 4.78 is 33.6. The number of fused-ring (bicyclic) bond motifs is 5. The van der Waals surface area contributed by atoms with E-state index in [0.29, 0.717) is 40.8 Å². The Labute approximate surface area is 393 Å². The summed E-state index contributed by atoms with van der Waals surface area (Å²) in [5, 5.41) is 13.4. The standard InChI is InChI=1S/C47H71N7O13/c1-28-38(55)53-34(41(58)62-12)26-29-16-18-35(63-23-21-50-43(60)66-46(5,6)7)31(25-29)32-27-30(17-19-36(32)64-24-22-51-44(61)67-47(8,9)10)37(39(56)52-28)54(11)40(57)33(48)15-13-14-20-49-42(59)65-45(2,3)4/h16-19,25,27-28,33-34,37H,13-15,20-24,26,48H2,1-12H3,(H,49,59)(H,50,60)(H,51,61)(H,52,56)(H,53,55)/t28-,33?,34-,37-/m0/s1. The van der Waals surface area contributed by atoms with Crippen molar-refractivity contribution in [3.05, 3.63) is 47.5 Å². The summed E-state index contributed by atoms with van der Waals surface area (Å²) >= 11 is 0. The van der Waals surface area contributed by atoms with Crippen molar-refractivity contribution < 1.29 is 62.0 Å². The lowest BCUT2D eigenvalue weighted by molar-refractivity contribution is -0.145. The van der Waals surface area contributed by atoms with E-state index in [0.717, 1.165) is 0 Å². The van der Waals surface area contributed by atoms with Gasteiger partial charge in [0.15, 0.2) is 0 Å². The molecule has 1 unspecified atom stereocenters. The van der Waals surface area contributed by atoms with Gasteiger partial charge in [0, 0.05) is 31.1 Å². The Hall–Kier alpha value is -6.31. The Balaban J connectivity index is 2.12. The van der Waals surface area contributed by atoms with Gasteiger partial charge in [-0.1, -0.05) is 12.1 Å². The van der Waals surface area contributed by atoms with Crippen molar-refractivity contribution in [2.75, 3.05) is 47.0 Å². The monoisotopic (exact) mass is 942 g/mol. The minimum Gasteiger partial charge on any atom is -0.491 e. The second-order valence-corrected chi connectivity index (χ2v) is 19.0. The molecule has 0 radical (unpaired) electrons. The minimum absolute atomic E-state index is 0.0166. The lowest BCUT2D eigenvalue weighted by Gasteiger charge is -2.31. The molecule has 7 N–H and O–H groups in total. The highest BCUT2D eigenvalue weighted by atomic mass is 16.6. The Morgan fingerprint density at radius 3 is 1.72 bits per heavy atom. The van der Waals surface area contributed by atoms with Crippen LogP contribution >= 0.6 is 0 Å². The largest absolute Gasteiger partial charge is 0.491 e. The molecule has 1 aliphatic heterocycles. The van der Waals surface area contributed by atoms with Gasteiger partial charge in [0.2, 0.25) is 17.7 Å². The molecule has 2 aromatic carbocycles. The van der Waals surface area contributed by atoms with Crippen molar-refractivity contribution in [2.45, 2.75) is 136 Å². The fourth-order valence-corrected chi connectivity index (χ4v) is 6.63. The van der Waals surface area contributed by atoms with Crippen LogP contribution in [0.15, 0.2) is 36.4 Å². The van der Waals surface area contributed by atoms with E-state index in [4.69, 9.17) is 34.2 Å². The van der Waals surface area contributed by atoms with Gasteiger partial charge in [-0.3, -0.25) is 14.4 Å². The zero-order valence-electron chi connectivity index (χ0n) is 41.0. The fourth-order valence-electron chi connectivity index (χ4n) is 6.63. The van der Waals surface area contributed by atoms with Gasteiger partial charge < -0.3 is 65.6 Å². The first-order chi connectivity index (χ1) is 31.2. The van der Waals surface area contributed by atoms with Gasteiger partial charge in [-0.2, -0.15) is 0 Å². The highest BCUT2D eigenvalue weighted by molar-refractivity contribution is 5.95. The van der Waals surface area contributed by atoms with Gasteiger partial charge in [0.05, 0.1) is 26.2 Å². The van der Waals surface area contributed by atoms with Crippen LogP contribution in [0.4, 0.5) is 14.4 Å². The molecule has 0 aromatic heterocycles. The molecule has 1 aliphatic rings. The van der Waals surface area contributed by atoms with Crippen LogP contribution in [0.3, 0.4) is 0 Å². The van der Waals surface area contributed by atoms with Crippen molar-refractivity contribution in [3.63, 3.8) is 0 Å². The van der Waals surface area contributed by atoms with Crippen LogP contribution < -0.4 is 41.8 Å². The smallest absolute Gasteiger partial charge is 0.407 e. The molecule has 0 aliphatic carbocycles. The van der Waals surface area contributed by atoms with Crippen LogP contribution in [0.2, 0.25) is 0 Å². The zero-order chi connectivity index (χ0) is 50.3. The van der Waals surface area contributed by atoms with Crippen molar-refractivity contribution >= 4 is 42.0 Å². The third-order valence-electron chi connectivity index (χ3n) is 9.61. The molecule has 1 heterocycles. The van der Waals surface area contributed by atoms with Gasteiger partial charge >= 0.3 is 24.2 Å². The van der Waals surface area contributed by atoms with Crippen LogP contribution in [0.25, 0.3) is 11.1 Å². The van der Waals surface area contributed by atoms with Crippen molar-refractivity contribution in [1.82, 2.24) is 31.5 Å². The summed E-state index contributed by atoms with van der Waals surface area (Å²) in [7, 11) is 2.62. The number of esters is 1. The number of nitrogens with one attached hydrogen (secondary N) is 5. The third-order valence-corrected chi connectivity index (χ3v) is 9.61. The molecule has 20 heteroatoms. The summed E-state index contributed by atoms with van der Waals surface area (Å²) in [6.45, 7) is 17.5. The van der Waals surface area contributed by atoms with E-state index in [2.05, 4.69) is 26.6 Å². The molecule has 0 saturated carbocycles. The van der Waals surface area contributed by atoms with E-state index >= 15 is 0 Å². The molecular weight excluding hydrogens is 871 g/mol. The lowest BCUT2D eigenvalue weighted by atomic mass is 9.93. The van der Waals surface area contributed by atoms with E-state index in [9.17, 15) is 33.6 Å². The van der Waals surface area contributed by atoms with Gasteiger partial charge in [0.25, 0.3) is 0 Å². The summed E-state index contributed by atoms with van der Waals surface area (Å²) in [6, 6.07) is 5.16. The molecule has 0 spiro atoms. The molecule has 4 atom stereocenters. The predicted molar refractivity (Wildman–Crippen MR) is 248 cm³/mol. The molecule has 20 nitrogen and oxygen atoms in total. The molecular formula is C47H71N7O13. The maximum atomic E-state index is 14.4. The van der Waals surface area contributed by atoms with Crippen molar-refractivity contribution in [2.24, 2.45) is 5.73 Å². The second kappa shape index (κ2) is 24.5. The van der Waals surface area contributed by atoms with Crippen LogP contribution in [0.5, 0.6) is 11.5 Å². The number of unbranched alkanes of at least 4 members (excludes halogenated alkanes) is 1. The minimum atomic E-state index is -1.37. The molecule has 6 amide bonds. The number of nitrogens with two attached hydrogens (primary N) is 1. The van der Waals surface area contributed by atoms with E-state index in [-0.39, 0.29) is 51.4 Å². The molecule has 0 saturated heterocycles. The number of hydrogen-bond donors (Lipinski definition) is 6. The average Bonchev–Trinajstić information content (AvgIpc) is 3.21. The molecule has 0 fully saturated rings. The number of likely N-dealkylation sites (N-methyl/N-ethyl adjacent to an activating group) is 1. The number of carbonyl (C=O) groups excluding carboxylic acids is 7. The number of methoxy groups -OCH3 is 1. The first kappa shape index (κ1) is 55.0. The summed E-state index contributed by atoms with van der Waals surface area (Å²) in [5.74, 6) is -2.16. The summed E-state index contributed by atoms with van der Waals surface area (Å²) in [5.41, 5.74) is 6.01. The number of benzene rings is 2. The zero-order valence-corrected chi connectivity index (χ0v) is 41.0. The molecule has 372 valence electrons. The number of amides is 6. The lowest BCUT2D eigenvalue weighted by Crippen LogP contribution is -2.54. The number of alkyl carbamates (subject to hydrolysis) is 3. The number of nitrogens with zero attached hydrogens (tertiary/aromatic N) is 1. The first-order valence-corrected chi connectivity index (χ1v) is 22.3. The number of carbonyl (C=O) groups is 7. The van der Waals surface area contributed by atoms with Gasteiger partial charge in [0.1, 0.15) is 59.6 Å². The molecule has 3 rings (SSSR count). The topological polar surface area (TPSA) is 264 Å². The quantitative estimate of drug-likeness (QED) is 0.0775. The van der Waals surface area contributed by atoms with E-state index in [1.165, 1.54) is 26.0 Å². The maximum Gasteiger partial charge on any atom is 0.407 e. The summed E-state index contributed by atoms with van der Waals surface area (Å²) in [4.78, 5) is 93.4. The fraction of sp³-hybridized carbons (Fsp3) is 0.596. The number of ether oxygens (including phenoxy) is 6. The number of rotatable bonds is 16. The first-order valence-electron chi connectivity index (χ1n) is 22.3. The van der Waals surface area contributed by atoms with Crippen molar-refractivity contribution in [3.8, 4) is 22.6 Å². The second-order valence-electron chi connectivity index (χ2n) is 19.0. The van der Waals surface area contributed by atoms with Crippen LogP contribution in [-0.2, 0) is 44.5 Å². The van der Waals surface area contributed by atoms with Crippen LogP contribution in [-0.4, -0.2) is 129 Å². The Bertz CT molecular complexity index is 2060. The van der Waals surface area contributed by atoms with Gasteiger partial charge in [-0.05, 0) is 124 Å². The van der Waals surface area contributed by atoms with E-state index in [1.54, 1.807) is 98.7 Å². The Morgan fingerprint density at radius 1 is 0.716 bits per heavy atom. The summed E-state index contributed by atoms with van der Waals surface area (Å²) in [6.07, 6.45) is -0.715. The molecule has 4 bridgehead atoms. The Kier molecular flexibility index (Phi) is 20.1. The average molecular weight is 942 g/mol. The highest BCUT2D eigenvalue weighted by Gasteiger charge is 2.35. The van der Waals surface area contributed by atoms with Crippen LogP contribution in [0, 0.1) is 0 Å². The Morgan fingerprint density at radius 2 is 1.21 bits per heavy atom. The van der Waals surface area contributed by atoms with Crippen LogP contribution in [0.1, 0.15) is 106 Å². The van der Waals surface area contributed by atoms with E-state index < -0.39 is 82.9 Å². The third kappa shape index (κ3) is 18.8. The normalized spacial score (nSPS) is 16.9. The molecule has 2 aromatic rings. The van der Waals surface area contributed by atoms with Crippen molar-refractivity contribution in [1.29, 1.82) is 0 Å². The molecule has 67 heavy (non-hydrogen) atoms.